The Morgan fingerprint density at radius 3 is 2.54 bits per heavy atom. The zero-order valence-corrected chi connectivity index (χ0v) is 20.3. The van der Waals surface area contributed by atoms with Crippen molar-refractivity contribution in [1.29, 1.82) is 0 Å². The topological polar surface area (TPSA) is 71.9 Å². The van der Waals surface area contributed by atoms with Gasteiger partial charge in [-0.25, -0.2) is 8.60 Å². The van der Waals surface area contributed by atoms with Crippen LogP contribution in [0.15, 0.2) is 53.6 Å². The van der Waals surface area contributed by atoms with Gasteiger partial charge in [0.2, 0.25) is 0 Å². The number of anilines is 1. The van der Waals surface area contributed by atoms with E-state index in [-0.39, 0.29) is 34.3 Å². The van der Waals surface area contributed by atoms with Crippen LogP contribution in [0.2, 0.25) is 5.02 Å². The van der Waals surface area contributed by atoms with Crippen molar-refractivity contribution in [2.45, 2.75) is 24.1 Å². The number of benzene rings is 2. The number of halogens is 5. The van der Waals surface area contributed by atoms with Crippen LogP contribution in [0.25, 0.3) is 0 Å². The van der Waals surface area contributed by atoms with Crippen LogP contribution >= 0.6 is 11.6 Å². The van der Waals surface area contributed by atoms with E-state index in [0.717, 1.165) is 16.4 Å². The molecule has 0 spiro atoms. The van der Waals surface area contributed by atoms with Crippen LogP contribution in [0.3, 0.4) is 0 Å². The second-order valence-electron chi connectivity index (χ2n) is 7.36. The van der Waals surface area contributed by atoms with Crippen molar-refractivity contribution in [3.63, 3.8) is 0 Å². The summed E-state index contributed by atoms with van der Waals surface area (Å²) in [6, 6.07) is 8.36. The number of aryl methyl sites for hydroxylation is 1. The number of pyridine rings is 1. The number of aromatic nitrogens is 1. The van der Waals surface area contributed by atoms with E-state index in [4.69, 9.17) is 21.1 Å². The van der Waals surface area contributed by atoms with Crippen molar-refractivity contribution in [2.24, 2.45) is 0 Å². The number of alkyl halides is 3. The summed E-state index contributed by atoms with van der Waals surface area (Å²) in [6.45, 7) is 1.32. The molecular formula is C23H21ClF4N2O4S. The fourth-order valence-corrected chi connectivity index (χ4v) is 4.76. The molecule has 1 aromatic heterocycles. The van der Waals surface area contributed by atoms with Gasteiger partial charge in [0, 0.05) is 13.3 Å². The van der Waals surface area contributed by atoms with Crippen LogP contribution in [-0.4, -0.2) is 35.2 Å². The Kier molecular flexibility index (Phi) is 8.37. The van der Waals surface area contributed by atoms with Gasteiger partial charge in [-0.3, -0.25) is 9.29 Å². The van der Waals surface area contributed by atoms with Crippen LogP contribution in [-0.2, 0) is 21.9 Å². The molecule has 0 radical (unpaired) electrons. The van der Waals surface area contributed by atoms with Gasteiger partial charge in [0.05, 0.1) is 39.5 Å². The molecule has 12 heteroatoms. The SMILES string of the molecule is COCN(c1cc(C)cnc1C(O)c1c(F)cccc1OC)S(=O)c1ccc(Cl)c(C(F)(F)F)c1. The highest BCUT2D eigenvalue weighted by atomic mass is 35.5. The van der Waals surface area contributed by atoms with Crippen molar-refractivity contribution in [1.82, 2.24) is 4.98 Å². The number of methoxy groups -OCH3 is 2. The Bertz CT molecular complexity index is 1240. The van der Waals surface area contributed by atoms with Crippen LogP contribution in [0.1, 0.15) is 28.5 Å². The smallest absolute Gasteiger partial charge is 0.417 e. The molecular weight excluding hydrogens is 512 g/mol. The summed E-state index contributed by atoms with van der Waals surface area (Å²) in [4.78, 5) is 4.00. The molecule has 0 saturated heterocycles. The monoisotopic (exact) mass is 532 g/mol. The standard InChI is InChI=1S/C23H21ClF4N2O4S/c1-13-9-18(21(29-11-13)22(31)20-17(25)5-4-6-19(20)34-3)30(12-33-2)35(32)14-7-8-16(24)15(10-14)23(26,27)28/h4-11,22,31H,12H2,1-3H3. The summed E-state index contributed by atoms with van der Waals surface area (Å²) >= 11 is 5.69. The lowest BCUT2D eigenvalue weighted by Crippen LogP contribution is -2.30. The third-order valence-corrected chi connectivity index (χ3v) is 6.65. The van der Waals surface area contributed by atoms with Crippen molar-refractivity contribution < 1.29 is 36.4 Å². The van der Waals surface area contributed by atoms with Gasteiger partial charge in [-0.1, -0.05) is 17.7 Å². The second-order valence-corrected chi connectivity index (χ2v) is 9.18. The third kappa shape index (κ3) is 5.75. The van der Waals surface area contributed by atoms with Crippen LogP contribution < -0.4 is 9.04 Å². The van der Waals surface area contributed by atoms with Crippen molar-refractivity contribution in [3.8, 4) is 5.75 Å². The maximum Gasteiger partial charge on any atom is 0.417 e. The number of aliphatic hydroxyl groups is 1. The van der Waals surface area contributed by atoms with Crippen LogP contribution in [0, 0.1) is 12.7 Å². The third-order valence-electron chi connectivity index (χ3n) is 4.96. The predicted octanol–water partition coefficient (Wildman–Crippen LogP) is 5.42. The van der Waals surface area contributed by atoms with E-state index in [1.807, 2.05) is 0 Å². The molecule has 0 saturated carbocycles. The average molecular weight is 533 g/mol. The van der Waals surface area contributed by atoms with E-state index >= 15 is 0 Å². The molecule has 188 valence electrons. The van der Waals surface area contributed by atoms with E-state index in [9.17, 15) is 26.9 Å². The van der Waals surface area contributed by atoms with Gasteiger partial charge in [-0.2, -0.15) is 13.2 Å². The molecule has 35 heavy (non-hydrogen) atoms. The number of nitrogens with zero attached hydrogens (tertiary/aromatic N) is 2. The minimum Gasteiger partial charge on any atom is -0.496 e. The molecule has 1 N–H and O–H groups in total. The Balaban J connectivity index is 2.16. The minimum absolute atomic E-state index is 0.0535. The second kappa shape index (κ2) is 10.9. The summed E-state index contributed by atoms with van der Waals surface area (Å²) in [6.07, 6.45) is -5.02. The maximum atomic E-state index is 14.7. The number of ether oxygens (including phenoxy) is 2. The van der Waals surface area contributed by atoms with Gasteiger partial charge in [0.25, 0.3) is 0 Å². The molecule has 1 heterocycles. The lowest BCUT2D eigenvalue weighted by atomic mass is 10.0. The van der Waals surface area contributed by atoms with Crippen molar-refractivity contribution >= 4 is 28.3 Å². The largest absolute Gasteiger partial charge is 0.496 e. The summed E-state index contributed by atoms with van der Waals surface area (Å²) in [5.74, 6) is -0.713. The number of hydrogen-bond acceptors (Lipinski definition) is 5. The molecule has 0 amide bonds. The van der Waals surface area contributed by atoms with Gasteiger partial charge in [0.1, 0.15) is 24.4 Å². The Morgan fingerprint density at radius 2 is 1.91 bits per heavy atom. The van der Waals surface area contributed by atoms with Gasteiger partial charge in [-0.05, 0) is 48.9 Å². The van der Waals surface area contributed by atoms with Gasteiger partial charge < -0.3 is 14.6 Å². The molecule has 0 aliphatic rings. The first-order valence-corrected chi connectivity index (χ1v) is 11.5. The number of rotatable bonds is 8. The first-order chi connectivity index (χ1) is 16.5. The molecule has 2 unspecified atom stereocenters. The van der Waals surface area contributed by atoms with E-state index in [0.29, 0.717) is 11.6 Å². The number of aliphatic hydroxyl groups excluding tert-OH is 1. The molecule has 3 aromatic rings. The maximum absolute atomic E-state index is 14.7. The summed E-state index contributed by atoms with van der Waals surface area (Å²) < 4.78 is 79.7. The lowest BCUT2D eigenvalue weighted by molar-refractivity contribution is -0.137. The molecule has 0 aliphatic carbocycles. The zero-order valence-electron chi connectivity index (χ0n) is 18.8. The average Bonchev–Trinajstić information content (AvgIpc) is 2.81. The fourth-order valence-electron chi connectivity index (χ4n) is 3.35. The summed E-state index contributed by atoms with van der Waals surface area (Å²) in [7, 11) is 0.347. The summed E-state index contributed by atoms with van der Waals surface area (Å²) in [5, 5.41) is 10.6. The summed E-state index contributed by atoms with van der Waals surface area (Å²) in [5.41, 5.74) is -0.815. The molecule has 0 bridgehead atoms. The highest BCUT2D eigenvalue weighted by Crippen LogP contribution is 2.39. The highest BCUT2D eigenvalue weighted by molar-refractivity contribution is 7.86. The minimum atomic E-state index is -4.77. The molecule has 0 fully saturated rings. The first kappa shape index (κ1) is 26.9. The molecule has 0 aliphatic heterocycles. The van der Waals surface area contributed by atoms with Crippen LogP contribution in [0.5, 0.6) is 5.75 Å². The Hall–Kier alpha value is -2.73. The van der Waals surface area contributed by atoms with E-state index < -0.39 is 39.7 Å². The zero-order chi connectivity index (χ0) is 25.9. The number of hydrogen-bond donors (Lipinski definition) is 1. The highest BCUT2D eigenvalue weighted by Gasteiger charge is 2.35. The van der Waals surface area contributed by atoms with E-state index in [1.54, 1.807) is 6.92 Å². The quantitative estimate of drug-likeness (QED) is 0.310. The van der Waals surface area contributed by atoms with Crippen LogP contribution in [0.4, 0.5) is 23.2 Å². The van der Waals surface area contributed by atoms with Gasteiger partial charge in [-0.15, -0.1) is 0 Å². The van der Waals surface area contributed by atoms with Gasteiger partial charge in [0.15, 0.2) is 11.0 Å². The van der Waals surface area contributed by atoms with Crippen molar-refractivity contribution in [2.75, 3.05) is 25.3 Å². The molecule has 3 rings (SSSR count). The van der Waals surface area contributed by atoms with E-state index in [2.05, 4.69) is 4.98 Å². The Morgan fingerprint density at radius 1 is 1.20 bits per heavy atom. The first-order valence-electron chi connectivity index (χ1n) is 10.0. The van der Waals surface area contributed by atoms with Crippen molar-refractivity contribution in [3.05, 3.63) is 81.9 Å². The fraction of sp³-hybridized carbons (Fsp3) is 0.261. The molecule has 2 atom stereocenters. The molecule has 2 aromatic carbocycles. The van der Waals surface area contributed by atoms with E-state index in [1.165, 1.54) is 44.7 Å². The normalized spacial score (nSPS) is 13.4. The Labute approximate surface area is 206 Å². The predicted molar refractivity (Wildman–Crippen MR) is 123 cm³/mol. The lowest BCUT2D eigenvalue weighted by Gasteiger charge is -2.27. The van der Waals surface area contributed by atoms with Gasteiger partial charge >= 0.3 is 6.18 Å². The molecule has 6 nitrogen and oxygen atoms in total.